The van der Waals surface area contributed by atoms with Gasteiger partial charge >= 0.3 is 5.97 Å². The molecule has 0 aliphatic rings. The second kappa shape index (κ2) is 7.20. The lowest BCUT2D eigenvalue weighted by Gasteiger charge is -2.07. The molecule has 0 spiro atoms. The molecule has 1 aromatic carbocycles. The predicted octanol–water partition coefficient (Wildman–Crippen LogP) is 2.23. The Labute approximate surface area is 110 Å². The van der Waals surface area contributed by atoms with E-state index in [0.29, 0.717) is 24.3 Å². The predicted molar refractivity (Wildman–Crippen MR) is 72.1 cm³/mol. The summed E-state index contributed by atoms with van der Waals surface area (Å²) in [6.45, 7) is 0.560. The number of carboxylic acids is 1. The van der Waals surface area contributed by atoms with Gasteiger partial charge in [-0.1, -0.05) is 6.42 Å². The summed E-state index contributed by atoms with van der Waals surface area (Å²) in [6, 6.07) is 4.48. The monoisotopic (exact) mass is 267 g/mol. The largest absolute Gasteiger partial charge is 0.481 e. The molecular formula is C12H17N3O4. The van der Waals surface area contributed by atoms with E-state index in [4.69, 9.17) is 10.8 Å². The van der Waals surface area contributed by atoms with E-state index in [9.17, 15) is 14.9 Å². The molecule has 0 radical (unpaired) electrons. The molecule has 1 rings (SSSR count). The summed E-state index contributed by atoms with van der Waals surface area (Å²) in [4.78, 5) is 20.6. The van der Waals surface area contributed by atoms with Crippen molar-refractivity contribution in [3.05, 3.63) is 28.3 Å². The van der Waals surface area contributed by atoms with Crippen LogP contribution in [0.4, 0.5) is 17.1 Å². The molecule has 0 heterocycles. The van der Waals surface area contributed by atoms with E-state index in [0.717, 1.165) is 12.8 Å². The molecule has 0 bridgehead atoms. The van der Waals surface area contributed by atoms with Crippen molar-refractivity contribution in [1.29, 1.82) is 0 Å². The van der Waals surface area contributed by atoms with E-state index in [1.165, 1.54) is 6.07 Å². The van der Waals surface area contributed by atoms with Crippen molar-refractivity contribution in [2.75, 3.05) is 17.6 Å². The highest BCUT2D eigenvalue weighted by Gasteiger charge is 2.13. The number of nitrogens with zero attached hydrogens (tertiary/aromatic N) is 1. The van der Waals surface area contributed by atoms with Crippen LogP contribution in [0.2, 0.25) is 0 Å². The number of aliphatic carboxylic acids is 1. The molecule has 4 N–H and O–H groups in total. The van der Waals surface area contributed by atoms with Crippen molar-refractivity contribution < 1.29 is 14.8 Å². The van der Waals surface area contributed by atoms with E-state index < -0.39 is 10.9 Å². The number of hydrogen-bond acceptors (Lipinski definition) is 5. The molecule has 104 valence electrons. The fourth-order valence-electron chi connectivity index (χ4n) is 1.65. The Balaban J connectivity index is 2.41. The van der Waals surface area contributed by atoms with Crippen molar-refractivity contribution in [3.8, 4) is 0 Å². The fourth-order valence-corrected chi connectivity index (χ4v) is 1.65. The van der Waals surface area contributed by atoms with E-state index in [1.807, 2.05) is 0 Å². The van der Waals surface area contributed by atoms with Gasteiger partial charge < -0.3 is 16.2 Å². The number of nitro groups is 1. The Morgan fingerprint density at radius 3 is 2.74 bits per heavy atom. The quantitative estimate of drug-likeness (QED) is 0.287. The van der Waals surface area contributed by atoms with Gasteiger partial charge in [0.1, 0.15) is 5.69 Å². The van der Waals surface area contributed by atoms with Gasteiger partial charge in [0.2, 0.25) is 0 Å². The zero-order valence-electron chi connectivity index (χ0n) is 10.5. The second-order valence-corrected chi connectivity index (χ2v) is 4.16. The molecule has 0 aliphatic heterocycles. The topological polar surface area (TPSA) is 118 Å². The van der Waals surface area contributed by atoms with Gasteiger partial charge in [-0.05, 0) is 25.0 Å². The Kier molecular flexibility index (Phi) is 5.59. The Hall–Kier alpha value is -2.31. The van der Waals surface area contributed by atoms with Crippen LogP contribution in [0, 0.1) is 10.1 Å². The van der Waals surface area contributed by atoms with Crippen LogP contribution >= 0.6 is 0 Å². The van der Waals surface area contributed by atoms with Crippen LogP contribution < -0.4 is 11.1 Å². The number of carbonyl (C=O) groups is 1. The highest BCUT2D eigenvalue weighted by atomic mass is 16.6. The van der Waals surface area contributed by atoms with E-state index in [2.05, 4.69) is 5.32 Å². The summed E-state index contributed by atoms with van der Waals surface area (Å²) in [5.41, 5.74) is 6.22. The third-order valence-corrected chi connectivity index (χ3v) is 2.60. The summed E-state index contributed by atoms with van der Waals surface area (Å²) in [7, 11) is 0. The van der Waals surface area contributed by atoms with Crippen molar-refractivity contribution in [2.45, 2.75) is 25.7 Å². The molecule has 0 amide bonds. The van der Waals surface area contributed by atoms with Gasteiger partial charge in [0.05, 0.1) is 4.92 Å². The molecular weight excluding hydrogens is 250 g/mol. The number of carboxylic acid groups (broad SMARTS) is 1. The Morgan fingerprint density at radius 1 is 1.37 bits per heavy atom. The highest BCUT2D eigenvalue weighted by Crippen LogP contribution is 2.26. The van der Waals surface area contributed by atoms with Gasteiger partial charge in [-0.15, -0.1) is 0 Å². The smallest absolute Gasteiger partial charge is 0.303 e. The molecule has 0 aromatic heterocycles. The van der Waals surface area contributed by atoms with Gasteiger partial charge in [-0.25, -0.2) is 0 Å². The first-order valence-electron chi connectivity index (χ1n) is 6.00. The first kappa shape index (κ1) is 14.7. The Bertz CT molecular complexity index is 462. The van der Waals surface area contributed by atoms with Crippen LogP contribution in [-0.4, -0.2) is 22.5 Å². The molecule has 0 atom stereocenters. The lowest BCUT2D eigenvalue weighted by atomic mass is 10.2. The first-order chi connectivity index (χ1) is 9.00. The summed E-state index contributed by atoms with van der Waals surface area (Å²) in [6.07, 6.45) is 2.29. The molecule has 7 heteroatoms. The van der Waals surface area contributed by atoms with E-state index in [1.54, 1.807) is 12.1 Å². The fraction of sp³-hybridized carbons (Fsp3) is 0.417. The normalized spacial score (nSPS) is 10.1. The zero-order chi connectivity index (χ0) is 14.3. The standard InChI is InChI=1S/C12H17N3O4/c13-9-5-6-10(11(8-9)15(18)19)14-7-3-1-2-4-12(16)17/h5-6,8,14H,1-4,7,13H2,(H,16,17). The molecule has 0 saturated carbocycles. The number of benzene rings is 1. The number of rotatable bonds is 8. The summed E-state index contributed by atoms with van der Waals surface area (Å²) < 4.78 is 0. The maximum atomic E-state index is 10.8. The van der Waals surface area contributed by atoms with Crippen molar-refractivity contribution in [1.82, 2.24) is 0 Å². The van der Waals surface area contributed by atoms with Crippen LogP contribution in [0.3, 0.4) is 0 Å². The van der Waals surface area contributed by atoms with E-state index >= 15 is 0 Å². The first-order valence-corrected chi connectivity index (χ1v) is 6.00. The molecule has 0 saturated heterocycles. The maximum Gasteiger partial charge on any atom is 0.303 e. The Morgan fingerprint density at radius 2 is 2.11 bits per heavy atom. The number of nitrogens with one attached hydrogen (secondary N) is 1. The molecule has 0 unspecified atom stereocenters. The van der Waals surface area contributed by atoms with Crippen LogP contribution in [0.15, 0.2) is 18.2 Å². The lowest BCUT2D eigenvalue weighted by molar-refractivity contribution is -0.383. The van der Waals surface area contributed by atoms with Gasteiger partial charge in [-0.3, -0.25) is 14.9 Å². The number of hydrogen-bond donors (Lipinski definition) is 3. The molecule has 0 aliphatic carbocycles. The molecule has 1 aromatic rings. The summed E-state index contributed by atoms with van der Waals surface area (Å²) in [5.74, 6) is -0.804. The lowest BCUT2D eigenvalue weighted by Crippen LogP contribution is -2.05. The van der Waals surface area contributed by atoms with Gasteiger partial charge in [0.25, 0.3) is 5.69 Å². The number of unbranched alkanes of at least 4 members (excludes halogenated alkanes) is 2. The average molecular weight is 267 g/mol. The third kappa shape index (κ3) is 5.24. The van der Waals surface area contributed by atoms with Crippen LogP contribution in [0.5, 0.6) is 0 Å². The average Bonchev–Trinajstić information content (AvgIpc) is 2.34. The van der Waals surface area contributed by atoms with Crippen LogP contribution in [0.25, 0.3) is 0 Å². The van der Waals surface area contributed by atoms with E-state index in [-0.39, 0.29) is 12.1 Å². The highest BCUT2D eigenvalue weighted by molar-refractivity contribution is 5.67. The minimum absolute atomic E-state index is 0.0504. The zero-order valence-corrected chi connectivity index (χ0v) is 10.5. The maximum absolute atomic E-state index is 10.8. The SMILES string of the molecule is Nc1ccc(NCCCCCC(=O)O)c([N+](=O)[O-])c1. The van der Waals surface area contributed by atoms with Crippen molar-refractivity contribution >= 4 is 23.0 Å². The van der Waals surface area contributed by atoms with Gasteiger partial charge in [0, 0.05) is 24.7 Å². The number of nitrogens with two attached hydrogens (primary N) is 1. The van der Waals surface area contributed by atoms with Crippen molar-refractivity contribution in [2.24, 2.45) is 0 Å². The van der Waals surface area contributed by atoms with Crippen LogP contribution in [0.1, 0.15) is 25.7 Å². The van der Waals surface area contributed by atoms with Crippen molar-refractivity contribution in [3.63, 3.8) is 0 Å². The van der Waals surface area contributed by atoms with Gasteiger partial charge in [0.15, 0.2) is 0 Å². The summed E-state index contributed by atoms with van der Waals surface area (Å²) in [5, 5.41) is 22.3. The number of nitro benzene ring substituents is 1. The second-order valence-electron chi connectivity index (χ2n) is 4.16. The number of nitrogen functional groups attached to an aromatic ring is 1. The summed E-state index contributed by atoms with van der Waals surface area (Å²) >= 11 is 0. The third-order valence-electron chi connectivity index (χ3n) is 2.60. The molecule has 7 nitrogen and oxygen atoms in total. The number of anilines is 2. The molecule has 19 heavy (non-hydrogen) atoms. The minimum atomic E-state index is -0.804. The van der Waals surface area contributed by atoms with Crippen LogP contribution in [-0.2, 0) is 4.79 Å². The van der Waals surface area contributed by atoms with Gasteiger partial charge in [-0.2, -0.15) is 0 Å². The minimum Gasteiger partial charge on any atom is -0.481 e. The molecule has 0 fully saturated rings.